The molecule has 2 N–H and O–H groups in total. The van der Waals surface area contributed by atoms with Crippen molar-refractivity contribution in [1.29, 1.82) is 5.26 Å². The second-order valence-electron chi connectivity index (χ2n) is 10.7. The second-order valence-corrected chi connectivity index (χ2v) is 12.5. The summed E-state index contributed by atoms with van der Waals surface area (Å²) >= 11 is 0. The molecule has 1 aromatic heterocycles. The van der Waals surface area contributed by atoms with Crippen LogP contribution >= 0.6 is 0 Å². The minimum absolute atomic E-state index is 0.0158. The molecule has 0 unspecified atom stereocenters. The molecule has 2 aromatic rings. The summed E-state index contributed by atoms with van der Waals surface area (Å²) in [6, 6.07) is 5.49. The Morgan fingerprint density at radius 3 is 2.60 bits per heavy atom. The zero-order valence-corrected chi connectivity index (χ0v) is 24.6. The lowest BCUT2D eigenvalue weighted by Crippen LogP contribution is -2.44. The predicted molar refractivity (Wildman–Crippen MR) is 143 cm³/mol. The van der Waals surface area contributed by atoms with E-state index < -0.39 is 77.0 Å². The molecule has 1 aromatic carbocycles. The minimum atomic E-state index is -4.90. The van der Waals surface area contributed by atoms with Gasteiger partial charge in [0.05, 0.1) is 37.0 Å². The normalized spacial score (nSPS) is 19.7. The number of nitrogens with zero attached hydrogens (tertiary/aromatic N) is 4. The fourth-order valence-electron chi connectivity index (χ4n) is 4.38. The van der Waals surface area contributed by atoms with Crippen LogP contribution in [0, 0.1) is 23.2 Å². The molecular formula is C26H28F5N5O8S. The van der Waals surface area contributed by atoms with E-state index in [4.69, 9.17) is 19.8 Å². The monoisotopic (exact) mass is 665 g/mol. The predicted octanol–water partition coefficient (Wildman–Crippen LogP) is 4.00. The Hall–Kier alpha value is -4.18. The molecule has 1 fully saturated rings. The fraction of sp³-hybridized carbons (Fsp3) is 0.538. The number of anilines is 2. The zero-order chi connectivity index (χ0) is 33.3. The maximum absolute atomic E-state index is 14.0. The number of nitriles is 1. The molecule has 246 valence electrons. The number of aliphatic hydroxyl groups is 1. The molecule has 4 rings (SSSR count). The molecule has 2 heterocycles. The van der Waals surface area contributed by atoms with Crippen molar-refractivity contribution in [2.75, 3.05) is 29.4 Å². The molecule has 1 aliphatic carbocycles. The van der Waals surface area contributed by atoms with Crippen LogP contribution in [0.15, 0.2) is 29.3 Å². The lowest BCUT2D eigenvalue weighted by Gasteiger charge is -2.35. The minimum Gasteiger partial charge on any atom is -0.486 e. The number of fused-ring (bicyclic) bond motifs is 1. The van der Waals surface area contributed by atoms with Crippen LogP contribution in [0.3, 0.4) is 0 Å². The van der Waals surface area contributed by atoms with Gasteiger partial charge in [-0.3, -0.25) is 14.4 Å². The number of alkyl halides is 5. The summed E-state index contributed by atoms with van der Waals surface area (Å²) in [6.07, 6.45) is -6.44. The van der Waals surface area contributed by atoms with Gasteiger partial charge in [-0.05, 0) is 44.9 Å². The molecule has 1 aliphatic heterocycles. The highest BCUT2D eigenvalue weighted by molar-refractivity contribution is 7.93. The first-order chi connectivity index (χ1) is 21.0. The number of ether oxygens (including phenoxy) is 3. The molecule has 1 saturated carbocycles. The summed E-state index contributed by atoms with van der Waals surface area (Å²) in [5.74, 6) is -1.84. The number of ketones is 1. The summed E-state index contributed by atoms with van der Waals surface area (Å²) in [6.45, 7) is -3.55. The number of hydrogen-bond acceptors (Lipinski definition) is 10. The van der Waals surface area contributed by atoms with Gasteiger partial charge in [-0.15, -0.1) is 5.10 Å². The van der Waals surface area contributed by atoms with Crippen LogP contribution in [0.4, 0.5) is 38.1 Å². The van der Waals surface area contributed by atoms with Gasteiger partial charge in [0.15, 0.2) is 4.90 Å². The SMILES string of the molecule is CC(C)(OC(=O)Nc1ccc2c(c1)N(S(=O)(=O)c1cn(C(F)F)nc1OCCO)C[C@H](CCC(=O)[C@@H]1C[C@@H]1C#N)O2)C(F)(F)F. The number of nitrogens with one attached hydrogen (secondary N) is 1. The number of hydrogen-bond donors (Lipinski definition) is 2. The molecule has 19 heteroatoms. The third-order valence-electron chi connectivity index (χ3n) is 7.01. The molecule has 3 atom stereocenters. The average Bonchev–Trinajstić information content (AvgIpc) is 3.62. The number of halogens is 5. The highest BCUT2D eigenvalue weighted by atomic mass is 32.2. The maximum Gasteiger partial charge on any atom is 0.427 e. The Bertz CT molecular complexity index is 1590. The number of benzene rings is 1. The summed E-state index contributed by atoms with van der Waals surface area (Å²) < 4.78 is 111. The van der Waals surface area contributed by atoms with Gasteiger partial charge < -0.3 is 19.3 Å². The van der Waals surface area contributed by atoms with E-state index in [1.54, 1.807) is 0 Å². The van der Waals surface area contributed by atoms with Crippen LogP contribution in [0.25, 0.3) is 0 Å². The summed E-state index contributed by atoms with van der Waals surface area (Å²) in [4.78, 5) is 24.0. The van der Waals surface area contributed by atoms with Crippen molar-refractivity contribution in [2.24, 2.45) is 11.8 Å². The van der Waals surface area contributed by atoms with E-state index in [1.807, 2.05) is 6.07 Å². The molecule has 1 amide bonds. The first-order valence-corrected chi connectivity index (χ1v) is 14.9. The van der Waals surface area contributed by atoms with Crippen LogP contribution in [-0.4, -0.2) is 72.8 Å². The van der Waals surface area contributed by atoms with Gasteiger partial charge in [0.1, 0.15) is 24.2 Å². The van der Waals surface area contributed by atoms with Crippen LogP contribution in [0.2, 0.25) is 0 Å². The van der Waals surface area contributed by atoms with Gasteiger partial charge in [-0.1, -0.05) is 0 Å². The molecule has 13 nitrogen and oxygen atoms in total. The van der Waals surface area contributed by atoms with Crippen molar-refractivity contribution >= 4 is 33.3 Å². The van der Waals surface area contributed by atoms with Crippen LogP contribution in [0.1, 0.15) is 39.7 Å². The lowest BCUT2D eigenvalue weighted by atomic mass is 10.1. The van der Waals surface area contributed by atoms with Gasteiger partial charge in [0.2, 0.25) is 5.60 Å². The van der Waals surface area contributed by atoms with Crippen molar-refractivity contribution in [1.82, 2.24) is 9.78 Å². The first kappa shape index (κ1) is 33.7. The molecular weight excluding hydrogens is 637 g/mol. The Balaban J connectivity index is 1.67. The second kappa shape index (κ2) is 12.7. The number of Topliss-reactive ketones (excluding diaryl/α,β-unsaturated/α-hetero) is 1. The van der Waals surface area contributed by atoms with Gasteiger partial charge >= 0.3 is 18.8 Å². The number of aliphatic hydroxyl groups excluding tert-OH is 1. The Morgan fingerprint density at radius 1 is 1.29 bits per heavy atom. The van der Waals surface area contributed by atoms with E-state index in [0.29, 0.717) is 26.5 Å². The van der Waals surface area contributed by atoms with Crippen molar-refractivity contribution in [3.05, 3.63) is 24.4 Å². The summed E-state index contributed by atoms with van der Waals surface area (Å²) in [5, 5.41) is 23.7. The maximum atomic E-state index is 14.0. The first-order valence-electron chi connectivity index (χ1n) is 13.4. The number of carbonyl (C=O) groups excluding carboxylic acids is 2. The van der Waals surface area contributed by atoms with Gasteiger partial charge in [0.25, 0.3) is 15.9 Å². The lowest BCUT2D eigenvalue weighted by molar-refractivity contribution is -0.242. The Morgan fingerprint density at radius 2 is 2.00 bits per heavy atom. The number of aromatic nitrogens is 2. The van der Waals surface area contributed by atoms with Gasteiger partial charge in [0, 0.05) is 18.0 Å². The standard InChI is InChI=1S/C26H28F5N5O8S/c1-25(2,26(29,30)31)44-24(39)33-15-3-6-20-18(10-15)36(12-16(43-20)4-5-19(38)17-9-14(17)11-32)45(40,41)21-13-35(23(27)28)34-22(21)42-8-7-37/h3,6,10,13-14,16-17,23,37H,4-5,7-9,12H2,1-2H3,(H,33,39)/t14-,16+,17-/m1/s1. The number of rotatable bonds is 12. The van der Waals surface area contributed by atoms with Crippen LogP contribution in [0.5, 0.6) is 11.6 Å². The molecule has 0 radical (unpaired) electrons. The van der Waals surface area contributed by atoms with E-state index in [0.717, 1.165) is 10.4 Å². The number of sulfonamides is 1. The zero-order valence-electron chi connectivity index (χ0n) is 23.8. The van der Waals surface area contributed by atoms with E-state index in [1.165, 1.54) is 12.1 Å². The van der Waals surface area contributed by atoms with Gasteiger partial charge in [-0.25, -0.2) is 17.9 Å². The summed E-state index contributed by atoms with van der Waals surface area (Å²) in [5.41, 5.74) is -3.31. The molecule has 0 spiro atoms. The highest BCUT2D eigenvalue weighted by Crippen LogP contribution is 2.43. The summed E-state index contributed by atoms with van der Waals surface area (Å²) in [7, 11) is -4.82. The largest absolute Gasteiger partial charge is 0.486 e. The average molecular weight is 666 g/mol. The molecule has 45 heavy (non-hydrogen) atoms. The van der Waals surface area contributed by atoms with Crippen LogP contribution < -0.4 is 19.1 Å². The van der Waals surface area contributed by atoms with Crippen molar-refractivity contribution in [2.45, 2.75) is 62.4 Å². The van der Waals surface area contributed by atoms with E-state index in [9.17, 15) is 40.0 Å². The third-order valence-corrected chi connectivity index (χ3v) is 8.78. The van der Waals surface area contributed by atoms with Gasteiger partial charge in [-0.2, -0.15) is 27.2 Å². The molecule has 0 bridgehead atoms. The highest BCUT2D eigenvalue weighted by Gasteiger charge is 2.51. The topological polar surface area (TPSA) is 173 Å². The van der Waals surface area contributed by atoms with Crippen molar-refractivity contribution < 1.29 is 59.3 Å². The number of amides is 1. The van der Waals surface area contributed by atoms with Crippen molar-refractivity contribution in [3.63, 3.8) is 0 Å². The fourth-order valence-corrected chi connectivity index (χ4v) is 5.94. The van der Waals surface area contributed by atoms with E-state index in [2.05, 4.69) is 15.2 Å². The molecule has 2 aliphatic rings. The quantitative estimate of drug-likeness (QED) is 0.316. The smallest absolute Gasteiger partial charge is 0.427 e. The van der Waals surface area contributed by atoms with E-state index in [-0.39, 0.29) is 46.3 Å². The van der Waals surface area contributed by atoms with Crippen molar-refractivity contribution in [3.8, 4) is 17.7 Å². The Kier molecular flexibility index (Phi) is 9.49. The Labute approximate surface area is 253 Å². The molecule has 0 saturated heterocycles. The third kappa shape index (κ3) is 7.39. The number of carbonyl (C=O) groups is 2. The van der Waals surface area contributed by atoms with Crippen LogP contribution in [-0.2, 0) is 19.6 Å². The van der Waals surface area contributed by atoms with E-state index >= 15 is 0 Å².